The van der Waals surface area contributed by atoms with Crippen LogP contribution in [0.3, 0.4) is 0 Å². The number of carbonyl (C=O) groups is 1. The Morgan fingerprint density at radius 1 is 1.44 bits per heavy atom. The van der Waals surface area contributed by atoms with E-state index in [0.29, 0.717) is 23.5 Å². The van der Waals surface area contributed by atoms with Crippen LogP contribution in [0.2, 0.25) is 0 Å². The third kappa shape index (κ3) is 2.60. The number of nitrogens with zero attached hydrogens (tertiary/aromatic N) is 3. The van der Waals surface area contributed by atoms with E-state index in [4.69, 9.17) is 0 Å². The van der Waals surface area contributed by atoms with Crippen LogP contribution in [0.15, 0.2) is 12.4 Å². The molecule has 1 aromatic rings. The summed E-state index contributed by atoms with van der Waals surface area (Å²) in [5.74, 6) is 1.26. The number of anilines is 1. The maximum absolute atomic E-state index is 12.3. The van der Waals surface area contributed by atoms with E-state index in [0.717, 1.165) is 19.5 Å². The molecule has 1 aromatic heterocycles. The van der Waals surface area contributed by atoms with E-state index in [2.05, 4.69) is 29.1 Å². The summed E-state index contributed by atoms with van der Waals surface area (Å²) in [6.45, 7) is 7.86. The molecule has 1 N–H and O–H groups in total. The smallest absolute Gasteiger partial charge is 0.274 e. The summed E-state index contributed by atoms with van der Waals surface area (Å²) in [5, 5.41) is 3.06. The van der Waals surface area contributed by atoms with E-state index >= 15 is 0 Å². The van der Waals surface area contributed by atoms with E-state index in [1.54, 1.807) is 12.4 Å². The Bertz CT molecular complexity index is 418. The summed E-state index contributed by atoms with van der Waals surface area (Å²) in [7, 11) is 0. The first-order valence-corrected chi connectivity index (χ1v) is 6.48. The monoisotopic (exact) mass is 248 g/mol. The second-order valence-corrected chi connectivity index (χ2v) is 4.96. The maximum Gasteiger partial charge on any atom is 0.274 e. The van der Waals surface area contributed by atoms with E-state index in [9.17, 15) is 4.79 Å². The van der Waals surface area contributed by atoms with Crippen molar-refractivity contribution in [2.45, 2.75) is 33.2 Å². The highest BCUT2D eigenvalue weighted by Gasteiger charge is 2.31. The van der Waals surface area contributed by atoms with Crippen molar-refractivity contribution in [3.8, 4) is 0 Å². The second-order valence-electron chi connectivity index (χ2n) is 4.96. The van der Waals surface area contributed by atoms with Gasteiger partial charge in [0.1, 0.15) is 11.5 Å². The minimum atomic E-state index is -0.0117. The first-order valence-electron chi connectivity index (χ1n) is 6.48. The molecule has 1 fully saturated rings. The van der Waals surface area contributed by atoms with Gasteiger partial charge < -0.3 is 10.2 Å². The van der Waals surface area contributed by atoms with Crippen molar-refractivity contribution in [3.63, 3.8) is 0 Å². The van der Waals surface area contributed by atoms with Crippen LogP contribution < -0.4 is 5.32 Å². The van der Waals surface area contributed by atoms with Crippen molar-refractivity contribution in [1.82, 2.24) is 14.9 Å². The van der Waals surface area contributed by atoms with Gasteiger partial charge in [0.15, 0.2) is 0 Å². The van der Waals surface area contributed by atoms with Crippen LogP contribution in [-0.2, 0) is 0 Å². The number of carbonyl (C=O) groups excluding carboxylic acids is 1. The van der Waals surface area contributed by atoms with Gasteiger partial charge in [0.05, 0.1) is 12.4 Å². The minimum absolute atomic E-state index is 0.0117. The third-order valence-electron chi connectivity index (χ3n) is 3.27. The van der Waals surface area contributed by atoms with E-state index in [1.807, 2.05) is 11.8 Å². The average molecular weight is 248 g/mol. The van der Waals surface area contributed by atoms with Crippen molar-refractivity contribution >= 4 is 11.7 Å². The standard InChI is InChI=1S/C13H20N4O/c1-4-14-12-7-15-11(6-16-12)13(18)17-8-9(2)5-10(17)3/h6-7,9-10H,4-5,8H2,1-3H3,(H,14,16). The Morgan fingerprint density at radius 2 is 2.22 bits per heavy atom. The third-order valence-corrected chi connectivity index (χ3v) is 3.27. The number of aromatic nitrogens is 2. The molecule has 1 amide bonds. The number of hydrogen-bond donors (Lipinski definition) is 1. The van der Waals surface area contributed by atoms with Gasteiger partial charge in [0, 0.05) is 19.1 Å². The van der Waals surface area contributed by atoms with Crippen molar-refractivity contribution < 1.29 is 4.79 Å². The normalized spacial score (nSPS) is 23.2. The molecule has 0 radical (unpaired) electrons. The highest BCUT2D eigenvalue weighted by Crippen LogP contribution is 2.23. The molecule has 0 aliphatic carbocycles. The summed E-state index contributed by atoms with van der Waals surface area (Å²) in [5.41, 5.74) is 0.428. The molecule has 0 aromatic carbocycles. The Hall–Kier alpha value is -1.65. The van der Waals surface area contributed by atoms with Crippen LogP contribution in [0.25, 0.3) is 0 Å². The number of likely N-dealkylation sites (tertiary alicyclic amines) is 1. The summed E-state index contributed by atoms with van der Waals surface area (Å²) in [6.07, 6.45) is 4.23. The van der Waals surface area contributed by atoms with Gasteiger partial charge in [-0.15, -0.1) is 0 Å². The van der Waals surface area contributed by atoms with E-state index < -0.39 is 0 Å². The van der Waals surface area contributed by atoms with Gasteiger partial charge in [-0.1, -0.05) is 6.92 Å². The van der Waals surface area contributed by atoms with Crippen LogP contribution in [0, 0.1) is 5.92 Å². The SMILES string of the molecule is CCNc1cnc(C(=O)N2CC(C)CC2C)cn1. The van der Waals surface area contributed by atoms with Crippen LogP contribution in [-0.4, -0.2) is 39.9 Å². The number of rotatable bonds is 3. The zero-order valence-corrected chi connectivity index (χ0v) is 11.2. The van der Waals surface area contributed by atoms with Gasteiger partial charge in [0.25, 0.3) is 5.91 Å². The molecule has 2 atom stereocenters. The molecule has 5 heteroatoms. The highest BCUT2D eigenvalue weighted by atomic mass is 16.2. The quantitative estimate of drug-likeness (QED) is 0.885. The second kappa shape index (κ2) is 5.33. The Balaban J connectivity index is 2.09. The molecule has 98 valence electrons. The summed E-state index contributed by atoms with van der Waals surface area (Å²) in [6, 6.07) is 0.294. The van der Waals surface area contributed by atoms with E-state index in [1.165, 1.54) is 0 Å². The molecule has 2 unspecified atom stereocenters. The van der Waals surface area contributed by atoms with Crippen molar-refractivity contribution in [3.05, 3.63) is 18.1 Å². The lowest BCUT2D eigenvalue weighted by Gasteiger charge is -2.20. The maximum atomic E-state index is 12.3. The molecular weight excluding hydrogens is 228 g/mol. The lowest BCUT2D eigenvalue weighted by atomic mass is 10.1. The topological polar surface area (TPSA) is 58.1 Å². The fourth-order valence-electron chi connectivity index (χ4n) is 2.44. The van der Waals surface area contributed by atoms with Gasteiger partial charge in [-0.2, -0.15) is 0 Å². The zero-order chi connectivity index (χ0) is 13.1. The van der Waals surface area contributed by atoms with Crippen molar-refractivity contribution in [2.24, 2.45) is 5.92 Å². The Kier molecular flexibility index (Phi) is 3.79. The zero-order valence-electron chi connectivity index (χ0n) is 11.2. The van der Waals surface area contributed by atoms with Gasteiger partial charge in [-0.3, -0.25) is 4.79 Å². The Morgan fingerprint density at radius 3 is 2.72 bits per heavy atom. The number of nitrogens with one attached hydrogen (secondary N) is 1. The minimum Gasteiger partial charge on any atom is -0.369 e. The van der Waals surface area contributed by atoms with Crippen molar-refractivity contribution in [1.29, 1.82) is 0 Å². The Labute approximate surface area is 108 Å². The average Bonchev–Trinajstić information content (AvgIpc) is 2.69. The predicted octanol–water partition coefficient (Wildman–Crippen LogP) is 1.78. The summed E-state index contributed by atoms with van der Waals surface area (Å²) < 4.78 is 0. The van der Waals surface area contributed by atoms with Gasteiger partial charge in [-0.05, 0) is 26.2 Å². The van der Waals surface area contributed by atoms with E-state index in [-0.39, 0.29) is 5.91 Å². The van der Waals surface area contributed by atoms with Crippen molar-refractivity contribution in [2.75, 3.05) is 18.4 Å². The first-order chi connectivity index (χ1) is 8.61. The largest absolute Gasteiger partial charge is 0.369 e. The molecular formula is C13H20N4O. The summed E-state index contributed by atoms with van der Waals surface area (Å²) >= 11 is 0. The fourth-order valence-corrected chi connectivity index (χ4v) is 2.44. The van der Waals surface area contributed by atoms with Gasteiger partial charge >= 0.3 is 0 Å². The molecule has 2 rings (SSSR count). The van der Waals surface area contributed by atoms with Crippen LogP contribution >= 0.6 is 0 Å². The predicted molar refractivity (Wildman–Crippen MR) is 70.5 cm³/mol. The molecule has 18 heavy (non-hydrogen) atoms. The lowest BCUT2D eigenvalue weighted by Crippen LogP contribution is -2.34. The summed E-state index contributed by atoms with van der Waals surface area (Å²) in [4.78, 5) is 22.5. The first kappa shape index (κ1) is 12.8. The number of hydrogen-bond acceptors (Lipinski definition) is 4. The molecule has 0 spiro atoms. The van der Waals surface area contributed by atoms with Gasteiger partial charge in [-0.25, -0.2) is 9.97 Å². The molecule has 0 saturated carbocycles. The molecule has 0 bridgehead atoms. The van der Waals surface area contributed by atoms with Gasteiger partial charge in [0.2, 0.25) is 0 Å². The lowest BCUT2D eigenvalue weighted by molar-refractivity contribution is 0.0737. The molecule has 2 heterocycles. The highest BCUT2D eigenvalue weighted by molar-refractivity contribution is 5.92. The van der Waals surface area contributed by atoms with Crippen LogP contribution in [0.5, 0.6) is 0 Å². The molecule has 1 saturated heterocycles. The molecule has 1 aliphatic rings. The fraction of sp³-hybridized carbons (Fsp3) is 0.615. The molecule has 5 nitrogen and oxygen atoms in total. The van der Waals surface area contributed by atoms with Crippen LogP contribution in [0.4, 0.5) is 5.82 Å². The van der Waals surface area contributed by atoms with Crippen LogP contribution in [0.1, 0.15) is 37.7 Å². The number of amides is 1. The molecule has 1 aliphatic heterocycles.